The van der Waals surface area contributed by atoms with Gasteiger partial charge in [-0.1, -0.05) is 49.2 Å². The van der Waals surface area contributed by atoms with E-state index in [0.29, 0.717) is 17.9 Å². The highest BCUT2D eigenvalue weighted by atomic mass is 32.2. The molecule has 1 aliphatic carbocycles. The maximum atomic E-state index is 13.4. The summed E-state index contributed by atoms with van der Waals surface area (Å²) >= 11 is 1.01. The van der Waals surface area contributed by atoms with Crippen molar-refractivity contribution in [3.8, 4) is 10.8 Å². The molecule has 1 aliphatic rings. The summed E-state index contributed by atoms with van der Waals surface area (Å²) in [6.45, 7) is 0. The minimum Gasteiger partial charge on any atom is -0.478 e. The van der Waals surface area contributed by atoms with Crippen LogP contribution in [0.5, 0.6) is 10.8 Å². The fourth-order valence-corrected chi connectivity index (χ4v) is 6.00. The van der Waals surface area contributed by atoms with E-state index in [2.05, 4.69) is 10.3 Å². The molecule has 0 radical (unpaired) electrons. The van der Waals surface area contributed by atoms with Crippen LogP contribution in [0.15, 0.2) is 53.6 Å². The van der Waals surface area contributed by atoms with E-state index in [-0.39, 0.29) is 37.9 Å². The van der Waals surface area contributed by atoms with E-state index in [4.69, 9.17) is 4.74 Å². The average molecular weight is 573 g/mol. The van der Waals surface area contributed by atoms with E-state index in [1.165, 1.54) is 43.3 Å². The van der Waals surface area contributed by atoms with Crippen molar-refractivity contribution in [2.45, 2.75) is 49.3 Å². The van der Waals surface area contributed by atoms with Crippen molar-refractivity contribution in [3.63, 3.8) is 0 Å². The summed E-state index contributed by atoms with van der Waals surface area (Å²) < 4.78 is 29.4. The standard InChI is InChI=1S/C27H28N2O8S2/c1-39(35,36)21-9-7-17(8-10-21)22(11-6-16-4-2-3-5-16)24(30)29-27-28-15-23(38-27)37-20-13-18(25(31)32)12-19(14-20)26(33)34/h7-10,12-16,22H,2-6,11H2,1H3,(H,31,32)(H,33,34)(H,28,29,30)/t22-/m1/s1. The number of thiazole rings is 1. The molecule has 0 unspecified atom stereocenters. The first-order valence-corrected chi connectivity index (χ1v) is 15.1. The largest absolute Gasteiger partial charge is 0.478 e. The second-order valence-corrected chi connectivity index (χ2v) is 12.6. The van der Waals surface area contributed by atoms with Gasteiger partial charge in [-0.3, -0.25) is 4.79 Å². The predicted molar refractivity (Wildman–Crippen MR) is 145 cm³/mol. The van der Waals surface area contributed by atoms with Crippen LogP contribution in [0.3, 0.4) is 0 Å². The van der Waals surface area contributed by atoms with Gasteiger partial charge in [0.15, 0.2) is 15.0 Å². The third kappa shape index (κ3) is 7.42. The van der Waals surface area contributed by atoms with Gasteiger partial charge in [-0.15, -0.1) is 0 Å². The van der Waals surface area contributed by atoms with Gasteiger partial charge in [0, 0.05) is 6.26 Å². The molecule has 2 aromatic carbocycles. The number of nitrogens with one attached hydrogen (secondary N) is 1. The van der Waals surface area contributed by atoms with Gasteiger partial charge in [-0.2, -0.15) is 0 Å². The molecular weight excluding hydrogens is 544 g/mol. The highest BCUT2D eigenvalue weighted by molar-refractivity contribution is 7.90. The molecule has 4 rings (SSSR count). The molecule has 3 N–H and O–H groups in total. The number of ether oxygens (including phenoxy) is 1. The minimum atomic E-state index is -3.37. The predicted octanol–water partition coefficient (Wildman–Crippen LogP) is 5.43. The monoisotopic (exact) mass is 572 g/mol. The van der Waals surface area contributed by atoms with Crippen LogP contribution in [0.1, 0.15) is 70.7 Å². The zero-order chi connectivity index (χ0) is 28.2. The third-order valence-corrected chi connectivity index (χ3v) is 8.62. The zero-order valence-corrected chi connectivity index (χ0v) is 22.8. The van der Waals surface area contributed by atoms with Crippen molar-refractivity contribution >= 4 is 44.2 Å². The number of carboxylic acid groups (broad SMARTS) is 2. The molecule has 10 nitrogen and oxygen atoms in total. The van der Waals surface area contributed by atoms with Crippen molar-refractivity contribution in [2.75, 3.05) is 11.6 Å². The Morgan fingerprint density at radius 2 is 1.67 bits per heavy atom. The normalized spacial score (nSPS) is 14.6. The van der Waals surface area contributed by atoms with Crippen LogP contribution >= 0.6 is 11.3 Å². The lowest BCUT2D eigenvalue weighted by Crippen LogP contribution is -2.22. The molecular formula is C27H28N2O8S2. The first-order chi connectivity index (χ1) is 18.5. The molecule has 1 aromatic heterocycles. The lowest BCUT2D eigenvalue weighted by molar-refractivity contribution is -0.117. The van der Waals surface area contributed by atoms with Crippen LogP contribution in [0.2, 0.25) is 0 Å². The van der Waals surface area contributed by atoms with Crippen molar-refractivity contribution < 1.29 is 37.8 Å². The molecule has 1 fully saturated rings. The lowest BCUT2D eigenvalue weighted by atomic mass is 9.89. The van der Waals surface area contributed by atoms with Crippen LogP contribution in [-0.2, 0) is 14.6 Å². The maximum absolute atomic E-state index is 13.4. The summed E-state index contributed by atoms with van der Waals surface area (Å²) in [5.41, 5.74) is 0.225. The van der Waals surface area contributed by atoms with Gasteiger partial charge in [-0.25, -0.2) is 23.0 Å². The lowest BCUT2D eigenvalue weighted by Gasteiger charge is -2.19. The molecule has 0 saturated heterocycles. The quantitative estimate of drug-likeness (QED) is 0.272. The summed E-state index contributed by atoms with van der Waals surface area (Å²) in [6, 6.07) is 9.78. The highest BCUT2D eigenvalue weighted by Gasteiger charge is 2.25. The number of benzene rings is 2. The Labute approximate surface area is 229 Å². The highest BCUT2D eigenvalue weighted by Crippen LogP contribution is 2.35. The molecule has 0 spiro atoms. The fourth-order valence-electron chi connectivity index (χ4n) is 4.68. The number of amides is 1. The van der Waals surface area contributed by atoms with Crippen LogP contribution in [0.4, 0.5) is 5.13 Å². The second-order valence-electron chi connectivity index (χ2n) is 9.55. The zero-order valence-electron chi connectivity index (χ0n) is 21.1. The number of aromatic carboxylic acids is 2. The van der Waals surface area contributed by atoms with Gasteiger partial charge in [0.1, 0.15) is 5.75 Å². The molecule has 39 heavy (non-hydrogen) atoms. The van der Waals surface area contributed by atoms with Gasteiger partial charge in [0.2, 0.25) is 11.0 Å². The summed E-state index contributed by atoms with van der Waals surface area (Å²) in [6.07, 6.45) is 8.62. The van der Waals surface area contributed by atoms with Crippen molar-refractivity contribution in [1.82, 2.24) is 4.98 Å². The summed E-state index contributed by atoms with van der Waals surface area (Å²) in [5.74, 6) is -2.83. The Morgan fingerprint density at radius 3 is 2.23 bits per heavy atom. The van der Waals surface area contributed by atoms with Crippen molar-refractivity contribution in [1.29, 1.82) is 0 Å². The SMILES string of the molecule is CS(=O)(=O)c1ccc([C@@H](CCC2CCCC2)C(=O)Nc2ncc(Oc3cc(C(=O)O)cc(C(=O)O)c3)s2)cc1. The first kappa shape index (κ1) is 28.2. The maximum Gasteiger partial charge on any atom is 0.335 e. The topological polar surface area (TPSA) is 160 Å². The van der Waals surface area contributed by atoms with E-state index >= 15 is 0 Å². The molecule has 0 aliphatic heterocycles. The number of carboxylic acids is 2. The number of hydrogen-bond donors (Lipinski definition) is 3. The van der Waals surface area contributed by atoms with Gasteiger partial charge in [0.25, 0.3) is 0 Å². The third-order valence-electron chi connectivity index (χ3n) is 6.70. The van der Waals surface area contributed by atoms with Gasteiger partial charge in [0.05, 0.1) is 28.1 Å². The average Bonchev–Trinajstić information content (AvgIpc) is 3.56. The number of sulfone groups is 1. The molecule has 3 aromatic rings. The summed E-state index contributed by atoms with van der Waals surface area (Å²) in [7, 11) is -3.37. The molecule has 12 heteroatoms. The number of rotatable bonds is 11. The number of carbonyl (C=O) groups excluding carboxylic acids is 1. The first-order valence-electron chi connectivity index (χ1n) is 12.4. The summed E-state index contributed by atoms with van der Waals surface area (Å²) in [4.78, 5) is 40.4. The van der Waals surface area contributed by atoms with E-state index < -0.39 is 27.7 Å². The number of aromatic nitrogens is 1. The molecule has 1 atom stereocenters. The van der Waals surface area contributed by atoms with Gasteiger partial charge >= 0.3 is 11.9 Å². The molecule has 1 amide bonds. The fraction of sp³-hybridized carbons (Fsp3) is 0.333. The van der Waals surface area contributed by atoms with E-state index in [1.54, 1.807) is 12.1 Å². The van der Waals surface area contributed by atoms with Crippen LogP contribution in [0.25, 0.3) is 0 Å². The van der Waals surface area contributed by atoms with Gasteiger partial charge < -0.3 is 20.3 Å². The molecule has 0 bridgehead atoms. The van der Waals surface area contributed by atoms with Gasteiger partial charge in [-0.05, 0) is 54.7 Å². The van der Waals surface area contributed by atoms with E-state index in [9.17, 15) is 33.0 Å². The van der Waals surface area contributed by atoms with Crippen LogP contribution in [0, 0.1) is 5.92 Å². The Kier molecular flexibility index (Phi) is 8.66. The smallest absolute Gasteiger partial charge is 0.335 e. The van der Waals surface area contributed by atoms with Crippen molar-refractivity contribution in [2.24, 2.45) is 5.92 Å². The van der Waals surface area contributed by atoms with Crippen molar-refractivity contribution in [3.05, 3.63) is 65.4 Å². The Hall–Kier alpha value is -3.77. The number of anilines is 1. The van der Waals surface area contributed by atoms with E-state index in [0.717, 1.165) is 42.9 Å². The Bertz CT molecular complexity index is 1440. The second kappa shape index (κ2) is 12.0. The number of carbonyl (C=O) groups is 3. The Balaban J connectivity index is 1.50. The van der Waals surface area contributed by atoms with E-state index in [1.807, 2.05) is 0 Å². The number of nitrogens with zero attached hydrogens (tertiary/aromatic N) is 1. The number of hydrogen-bond acceptors (Lipinski definition) is 8. The van der Waals surface area contributed by atoms with Crippen LogP contribution < -0.4 is 10.1 Å². The minimum absolute atomic E-state index is 0.00855. The molecule has 1 saturated carbocycles. The Morgan fingerprint density at radius 1 is 1.05 bits per heavy atom. The molecule has 1 heterocycles. The van der Waals surface area contributed by atoms with Crippen LogP contribution in [-0.4, -0.2) is 47.7 Å². The molecule has 206 valence electrons. The summed E-state index contributed by atoms with van der Waals surface area (Å²) in [5, 5.41) is 21.8.